The molecule has 2 rings (SSSR count). The highest BCUT2D eigenvalue weighted by atomic mass is 35.5. The summed E-state index contributed by atoms with van der Waals surface area (Å²) in [5.74, 6) is -0.242. The maximum Gasteiger partial charge on any atom is 0.129 e. The average molecular weight is 196 g/mol. The number of aromatic nitrogens is 1. The second-order valence-electron chi connectivity index (χ2n) is 2.93. The van der Waals surface area contributed by atoms with E-state index in [4.69, 9.17) is 11.6 Å². The molecule has 0 aliphatic carbocycles. The van der Waals surface area contributed by atoms with Crippen molar-refractivity contribution in [2.24, 2.45) is 0 Å². The molecule has 0 spiro atoms. The molecule has 1 nitrogen and oxygen atoms in total. The van der Waals surface area contributed by atoms with Gasteiger partial charge in [0, 0.05) is 5.39 Å². The van der Waals surface area contributed by atoms with E-state index >= 15 is 0 Å². The quantitative estimate of drug-likeness (QED) is 0.588. The second-order valence-corrected chi connectivity index (χ2v) is 3.32. The second kappa shape index (κ2) is 2.96. The number of fused-ring (bicyclic) bond motifs is 1. The lowest BCUT2D eigenvalue weighted by atomic mass is 10.1. The number of halogens is 2. The zero-order valence-electron chi connectivity index (χ0n) is 7.01. The van der Waals surface area contributed by atoms with Crippen molar-refractivity contribution in [3.63, 3.8) is 0 Å². The van der Waals surface area contributed by atoms with Gasteiger partial charge in [-0.15, -0.1) is 0 Å². The van der Waals surface area contributed by atoms with Gasteiger partial charge < -0.3 is 0 Å². The third-order valence-electron chi connectivity index (χ3n) is 1.91. The van der Waals surface area contributed by atoms with Crippen LogP contribution in [0.3, 0.4) is 0 Å². The van der Waals surface area contributed by atoms with E-state index in [0.717, 1.165) is 16.5 Å². The molecule has 0 radical (unpaired) electrons. The summed E-state index contributed by atoms with van der Waals surface area (Å²) in [5.41, 5.74) is 1.56. The standard InChI is InChI=1S/C10H7ClFN/c1-6-4-8(12)5-7-2-3-9(11)13-10(6)7/h2-5H,1H3. The fourth-order valence-electron chi connectivity index (χ4n) is 1.34. The predicted octanol–water partition coefficient (Wildman–Crippen LogP) is 3.34. The van der Waals surface area contributed by atoms with Gasteiger partial charge in [0.05, 0.1) is 5.52 Å². The van der Waals surface area contributed by atoms with Crippen LogP contribution in [0.25, 0.3) is 10.9 Å². The molecule has 0 fully saturated rings. The summed E-state index contributed by atoms with van der Waals surface area (Å²) in [6.07, 6.45) is 0. The van der Waals surface area contributed by atoms with Crippen molar-refractivity contribution in [2.75, 3.05) is 0 Å². The lowest BCUT2D eigenvalue weighted by molar-refractivity contribution is 0.628. The van der Waals surface area contributed by atoms with E-state index in [0.29, 0.717) is 5.15 Å². The van der Waals surface area contributed by atoms with Crippen molar-refractivity contribution in [3.8, 4) is 0 Å². The molecule has 0 unspecified atom stereocenters. The fourth-order valence-corrected chi connectivity index (χ4v) is 1.49. The van der Waals surface area contributed by atoms with Crippen LogP contribution in [0.15, 0.2) is 24.3 Å². The molecule has 1 aromatic heterocycles. The summed E-state index contributed by atoms with van der Waals surface area (Å²) < 4.78 is 12.9. The first-order valence-electron chi connectivity index (χ1n) is 3.89. The lowest BCUT2D eigenvalue weighted by Gasteiger charge is -2.01. The Balaban J connectivity index is 2.87. The largest absolute Gasteiger partial charge is 0.236 e. The van der Waals surface area contributed by atoms with E-state index in [1.54, 1.807) is 12.1 Å². The van der Waals surface area contributed by atoms with Crippen LogP contribution in [0.4, 0.5) is 4.39 Å². The van der Waals surface area contributed by atoms with Crippen molar-refractivity contribution in [1.29, 1.82) is 0 Å². The number of hydrogen-bond donors (Lipinski definition) is 0. The van der Waals surface area contributed by atoms with Crippen LogP contribution in [-0.2, 0) is 0 Å². The summed E-state index contributed by atoms with van der Waals surface area (Å²) in [5, 5.41) is 1.21. The van der Waals surface area contributed by atoms with Crippen molar-refractivity contribution in [2.45, 2.75) is 6.92 Å². The van der Waals surface area contributed by atoms with Gasteiger partial charge in [-0.05, 0) is 36.8 Å². The van der Waals surface area contributed by atoms with Crippen LogP contribution in [0.1, 0.15) is 5.56 Å². The minimum absolute atomic E-state index is 0.242. The van der Waals surface area contributed by atoms with Gasteiger partial charge in [0.15, 0.2) is 0 Å². The fraction of sp³-hybridized carbons (Fsp3) is 0.100. The lowest BCUT2D eigenvalue weighted by Crippen LogP contribution is -1.86. The van der Waals surface area contributed by atoms with Crippen LogP contribution in [0.5, 0.6) is 0 Å². The average Bonchev–Trinajstić information content (AvgIpc) is 2.06. The molecule has 1 heterocycles. The third-order valence-corrected chi connectivity index (χ3v) is 2.12. The van der Waals surface area contributed by atoms with Gasteiger partial charge in [-0.3, -0.25) is 0 Å². The SMILES string of the molecule is Cc1cc(F)cc2ccc(Cl)nc12. The van der Waals surface area contributed by atoms with Gasteiger partial charge in [-0.2, -0.15) is 0 Å². The summed E-state index contributed by atoms with van der Waals surface area (Å²) in [7, 11) is 0. The molecule has 0 N–H and O–H groups in total. The first-order valence-corrected chi connectivity index (χ1v) is 4.27. The van der Waals surface area contributed by atoms with E-state index in [1.807, 2.05) is 6.92 Å². The molecule has 3 heteroatoms. The summed E-state index contributed by atoms with van der Waals surface area (Å²) in [6.45, 7) is 1.81. The number of pyridine rings is 1. The van der Waals surface area contributed by atoms with Crippen LogP contribution >= 0.6 is 11.6 Å². The highest BCUT2D eigenvalue weighted by Crippen LogP contribution is 2.20. The molecule has 1 aromatic carbocycles. The summed E-state index contributed by atoms with van der Waals surface area (Å²) >= 11 is 5.73. The highest BCUT2D eigenvalue weighted by Gasteiger charge is 2.02. The van der Waals surface area contributed by atoms with Crippen molar-refractivity contribution >= 4 is 22.5 Å². The molecule has 13 heavy (non-hydrogen) atoms. The van der Waals surface area contributed by atoms with Gasteiger partial charge in [0.2, 0.25) is 0 Å². The molecular formula is C10H7ClFN. The Hall–Kier alpha value is -1.15. The van der Waals surface area contributed by atoms with Gasteiger partial charge >= 0.3 is 0 Å². The van der Waals surface area contributed by atoms with E-state index < -0.39 is 0 Å². The molecule has 0 bridgehead atoms. The van der Waals surface area contributed by atoms with Crippen molar-refractivity contribution in [1.82, 2.24) is 4.98 Å². The smallest absolute Gasteiger partial charge is 0.129 e. The first kappa shape index (κ1) is 8.45. The number of rotatable bonds is 0. The van der Waals surface area contributed by atoms with Crippen LogP contribution in [0.2, 0.25) is 5.15 Å². The minimum atomic E-state index is -0.242. The van der Waals surface area contributed by atoms with Crippen LogP contribution < -0.4 is 0 Å². The Bertz CT molecular complexity index is 468. The van der Waals surface area contributed by atoms with Gasteiger partial charge in [0.25, 0.3) is 0 Å². The molecule has 0 aliphatic rings. The van der Waals surface area contributed by atoms with Crippen LogP contribution in [0, 0.1) is 12.7 Å². The normalized spacial score (nSPS) is 10.7. The van der Waals surface area contributed by atoms with E-state index in [1.165, 1.54) is 12.1 Å². The van der Waals surface area contributed by atoms with E-state index in [2.05, 4.69) is 4.98 Å². The molecule has 0 amide bonds. The number of aryl methyl sites for hydroxylation is 1. The van der Waals surface area contributed by atoms with E-state index in [-0.39, 0.29) is 5.82 Å². The topological polar surface area (TPSA) is 12.9 Å². The number of benzene rings is 1. The Morgan fingerprint density at radius 3 is 2.85 bits per heavy atom. The molecule has 0 saturated carbocycles. The molecule has 2 aromatic rings. The van der Waals surface area contributed by atoms with E-state index in [9.17, 15) is 4.39 Å². The summed E-state index contributed by atoms with van der Waals surface area (Å²) in [6, 6.07) is 6.32. The van der Waals surface area contributed by atoms with Gasteiger partial charge in [0.1, 0.15) is 11.0 Å². The minimum Gasteiger partial charge on any atom is -0.236 e. The summed E-state index contributed by atoms with van der Waals surface area (Å²) in [4.78, 5) is 4.12. The molecule has 66 valence electrons. The van der Waals surface area contributed by atoms with Gasteiger partial charge in [-0.1, -0.05) is 11.6 Å². The Morgan fingerprint density at radius 2 is 2.08 bits per heavy atom. The van der Waals surface area contributed by atoms with Gasteiger partial charge in [-0.25, -0.2) is 9.37 Å². The Labute approximate surface area is 80.2 Å². The monoisotopic (exact) mass is 195 g/mol. The maximum atomic E-state index is 12.9. The molecule has 0 saturated heterocycles. The Morgan fingerprint density at radius 1 is 1.31 bits per heavy atom. The van der Waals surface area contributed by atoms with Crippen LogP contribution in [-0.4, -0.2) is 4.98 Å². The molecule has 0 atom stereocenters. The third kappa shape index (κ3) is 1.49. The maximum absolute atomic E-state index is 12.9. The molecular weight excluding hydrogens is 189 g/mol. The highest BCUT2D eigenvalue weighted by molar-refractivity contribution is 6.29. The predicted molar refractivity (Wildman–Crippen MR) is 51.4 cm³/mol. The zero-order chi connectivity index (χ0) is 9.42. The number of nitrogens with zero attached hydrogens (tertiary/aromatic N) is 1. The first-order chi connectivity index (χ1) is 6.16. The van der Waals surface area contributed by atoms with Crippen molar-refractivity contribution in [3.05, 3.63) is 40.8 Å². The Kier molecular flexibility index (Phi) is 1.93. The number of hydrogen-bond acceptors (Lipinski definition) is 1. The van der Waals surface area contributed by atoms with Crippen molar-refractivity contribution < 1.29 is 4.39 Å². The molecule has 0 aliphatic heterocycles. The zero-order valence-corrected chi connectivity index (χ0v) is 7.77.